The molecule has 0 saturated carbocycles. The highest BCUT2D eigenvalue weighted by molar-refractivity contribution is 5.47. The molecule has 200 valence electrons. The van der Waals surface area contributed by atoms with Gasteiger partial charge in [-0.2, -0.15) is 0 Å². The Morgan fingerprint density at radius 2 is 0.469 bits per heavy atom. The second-order valence-electron chi connectivity index (χ2n) is 8.07. The standard InChI is InChI=1S/3C8H20N.CH2O3.H2O/c3*1-5-9(6-2,7-3)8-4;2-1(3)4;/h3*5-8H2,1-4H3;(H2,2,3,4);1H2/q3*+1;;/p-3. The minimum Gasteiger partial charge on any atom is -0.870 e. The number of carboxylic acid groups (broad SMARTS) is 2. The Kier molecular flexibility index (Phi) is 32.0. The molecule has 7 nitrogen and oxygen atoms in total. The zero-order valence-corrected chi connectivity index (χ0v) is 24.0. The number of nitrogens with zero attached hydrogens (tertiary/aromatic N) is 3. The molecule has 0 rings (SSSR count). The van der Waals surface area contributed by atoms with Gasteiger partial charge in [-0.1, -0.05) is 0 Å². The lowest BCUT2D eigenvalue weighted by molar-refractivity contribution is -0.921. The summed E-state index contributed by atoms with van der Waals surface area (Å²) in [6, 6.07) is 0. The maximum absolute atomic E-state index is 8.33. The van der Waals surface area contributed by atoms with Gasteiger partial charge in [0.25, 0.3) is 0 Å². The molecule has 0 atom stereocenters. The third-order valence-electron chi connectivity index (χ3n) is 8.05. The van der Waals surface area contributed by atoms with Crippen LogP contribution in [0.3, 0.4) is 0 Å². The number of quaternary nitrogens is 3. The number of carbonyl (C=O) groups is 1. The molecule has 7 heteroatoms. The average Bonchev–Trinajstić information content (AvgIpc) is 2.80. The van der Waals surface area contributed by atoms with E-state index in [9.17, 15) is 0 Å². The fourth-order valence-corrected chi connectivity index (χ4v) is 4.02. The summed E-state index contributed by atoms with van der Waals surface area (Å²) in [6.07, 6.45) is -2.33. The van der Waals surface area contributed by atoms with Crippen molar-refractivity contribution in [1.29, 1.82) is 0 Å². The molecule has 0 spiro atoms. The van der Waals surface area contributed by atoms with Crippen LogP contribution in [0.1, 0.15) is 83.1 Å². The number of rotatable bonds is 12. The summed E-state index contributed by atoms with van der Waals surface area (Å²) >= 11 is 0. The van der Waals surface area contributed by atoms with Crippen molar-refractivity contribution in [2.24, 2.45) is 0 Å². The highest BCUT2D eigenvalue weighted by atomic mass is 16.6. The maximum atomic E-state index is 8.33. The summed E-state index contributed by atoms with van der Waals surface area (Å²) in [6.45, 7) is 42.7. The van der Waals surface area contributed by atoms with E-state index in [1.807, 2.05) is 0 Å². The zero-order chi connectivity index (χ0) is 25.6. The third kappa shape index (κ3) is 18.7. The molecule has 0 aromatic carbocycles. The number of carbonyl (C=O) groups excluding carboxylic acids is 1. The van der Waals surface area contributed by atoms with Gasteiger partial charge in [0, 0.05) is 0 Å². The number of hydrogen-bond donors (Lipinski definition) is 0. The second-order valence-corrected chi connectivity index (χ2v) is 8.07. The van der Waals surface area contributed by atoms with E-state index in [0.717, 1.165) is 0 Å². The van der Waals surface area contributed by atoms with Crippen LogP contribution in [0.15, 0.2) is 0 Å². The van der Waals surface area contributed by atoms with Crippen LogP contribution in [-0.2, 0) is 0 Å². The molecule has 0 unspecified atom stereocenters. The first-order valence-corrected chi connectivity index (χ1v) is 12.9. The van der Waals surface area contributed by atoms with Gasteiger partial charge in [0.2, 0.25) is 0 Å². The minimum absolute atomic E-state index is 0. The lowest BCUT2D eigenvalue weighted by Crippen LogP contribution is -2.47. The number of hydrogen-bond acceptors (Lipinski definition) is 4. The van der Waals surface area contributed by atoms with Crippen LogP contribution in [0, 0.1) is 0 Å². The van der Waals surface area contributed by atoms with E-state index in [1.165, 1.54) is 92.0 Å². The molecule has 0 amide bonds. The smallest absolute Gasteiger partial charge is 0.0757 e. The van der Waals surface area contributed by atoms with Gasteiger partial charge < -0.3 is 33.9 Å². The minimum atomic E-state index is -2.33. The van der Waals surface area contributed by atoms with E-state index in [-0.39, 0.29) is 5.48 Å². The summed E-state index contributed by atoms with van der Waals surface area (Å²) in [5.74, 6) is 0. The summed E-state index contributed by atoms with van der Waals surface area (Å²) < 4.78 is 3.83. The molecule has 0 heterocycles. The van der Waals surface area contributed by atoms with Crippen LogP contribution in [0.25, 0.3) is 0 Å². The molecule has 0 aliphatic carbocycles. The van der Waals surface area contributed by atoms with Crippen LogP contribution in [0.4, 0.5) is 4.79 Å². The molecule has 0 aromatic heterocycles. The first kappa shape index (κ1) is 41.4. The largest absolute Gasteiger partial charge is 0.870 e. The normalized spacial score (nSPS) is 10.9. The Hall–Kier alpha value is -0.890. The van der Waals surface area contributed by atoms with Crippen molar-refractivity contribution in [2.75, 3.05) is 78.5 Å². The molecule has 0 fully saturated rings. The highest BCUT2D eigenvalue weighted by Gasteiger charge is 2.17. The van der Waals surface area contributed by atoms with Crippen LogP contribution in [0.2, 0.25) is 0 Å². The van der Waals surface area contributed by atoms with Gasteiger partial charge in [0.15, 0.2) is 0 Å². The fourth-order valence-electron chi connectivity index (χ4n) is 4.02. The van der Waals surface area contributed by atoms with Gasteiger partial charge in [-0.25, -0.2) is 0 Å². The van der Waals surface area contributed by atoms with Crippen molar-refractivity contribution in [1.82, 2.24) is 0 Å². The van der Waals surface area contributed by atoms with E-state index < -0.39 is 6.16 Å². The van der Waals surface area contributed by atoms with E-state index in [4.69, 9.17) is 15.0 Å². The molecule has 0 aliphatic rings. The lowest BCUT2D eigenvalue weighted by atomic mass is 10.3. The van der Waals surface area contributed by atoms with Crippen LogP contribution < -0.4 is 10.2 Å². The van der Waals surface area contributed by atoms with Gasteiger partial charge in [-0.3, -0.25) is 0 Å². The fraction of sp³-hybridized carbons (Fsp3) is 0.960. The van der Waals surface area contributed by atoms with Crippen molar-refractivity contribution < 1.29 is 33.9 Å². The Balaban J connectivity index is -0.000000104. The van der Waals surface area contributed by atoms with E-state index in [2.05, 4.69) is 83.1 Å². The molecular formula is C25H61N3O4. The Morgan fingerprint density at radius 1 is 0.406 bits per heavy atom. The molecular weight excluding hydrogens is 406 g/mol. The average molecular weight is 468 g/mol. The molecule has 0 aliphatic heterocycles. The van der Waals surface area contributed by atoms with Gasteiger partial charge in [0.1, 0.15) is 0 Å². The Morgan fingerprint density at radius 3 is 0.469 bits per heavy atom. The first-order chi connectivity index (χ1) is 14.5. The Bertz CT molecular complexity index is 277. The molecule has 0 aromatic rings. The molecule has 0 radical (unpaired) electrons. The highest BCUT2D eigenvalue weighted by Crippen LogP contribution is 2.04. The SMILES string of the molecule is CC[N+](CC)(CC)CC.CC[N+](CC)(CC)CC.CC[N+](CC)(CC)CC.O=C([O-])[O-].[OH-]. The van der Waals surface area contributed by atoms with Crippen molar-refractivity contribution in [3.8, 4) is 0 Å². The molecule has 32 heavy (non-hydrogen) atoms. The predicted octanol–water partition coefficient (Wildman–Crippen LogP) is 3.02. The third-order valence-corrected chi connectivity index (χ3v) is 8.05. The summed E-state index contributed by atoms with van der Waals surface area (Å²) in [5, 5.41) is 16.7. The van der Waals surface area contributed by atoms with Crippen LogP contribution in [0.5, 0.6) is 0 Å². The van der Waals surface area contributed by atoms with Gasteiger partial charge in [0.05, 0.1) is 78.5 Å². The lowest BCUT2D eigenvalue weighted by Gasteiger charge is -2.34. The monoisotopic (exact) mass is 467 g/mol. The van der Waals surface area contributed by atoms with Crippen molar-refractivity contribution in [3.63, 3.8) is 0 Å². The van der Waals surface area contributed by atoms with Gasteiger partial charge >= 0.3 is 0 Å². The quantitative estimate of drug-likeness (QED) is 0.412. The predicted molar refractivity (Wildman–Crippen MR) is 135 cm³/mol. The summed E-state index contributed by atoms with van der Waals surface area (Å²) in [5.41, 5.74) is 0. The van der Waals surface area contributed by atoms with Crippen LogP contribution in [-0.4, -0.2) is 104 Å². The van der Waals surface area contributed by atoms with E-state index >= 15 is 0 Å². The van der Waals surface area contributed by atoms with Crippen molar-refractivity contribution in [2.45, 2.75) is 83.1 Å². The van der Waals surface area contributed by atoms with E-state index in [0.29, 0.717) is 0 Å². The molecule has 0 bridgehead atoms. The summed E-state index contributed by atoms with van der Waals surface area (Å²) in [7, 11) is 0. The van der Waals surface area contributed by atoms with Crippen LogP contribution >= 0.6 is 0 Å². The topological polar surface area (TPSA) is 93.2 Å². The second kappa shape index (κ2) is 24.7. The van der Waals surface area contributed by atoms with Crippen molar-refractivity contribution >= 4 is 6.16 Å². The van der Waals surface area contributed by atoms with Crippen molar-refractivity contribution in [3.05, 3.63) is 0 Å². The maximum Gasteiger partial charge on any atom is 0.0757 e. The first-order valence-electron chi connectivity index (χ1n) is 12.9. The van der Waals surface area contributed by atoms with E-state index in [1.54, 1.807) is 0 Å². The molecule has 1 N–H and O–H groups in total. The van der Waals surface area contributed by atoms with Gasteiger partial charge in [-0.15, -0.1) is 0 Å². The van der Waals surface area contributed by atoms with Gasteiger partial charge in [-0.05, 0) is 89.2 Å². The zero-order valence-electron chi connectivity index (χ0n) is 24.0. The molecule has 0 saturated heterocycles. The summed E-state index contributed by atoms with van der Waals surface area (Å²) in [4.78, 5) is 8.33. The Labute approximate surface area is 202 Å².